The highest BCUT2D eigenvalue weighted by molar-refractivity contribution is 7.99. The first-order chi connectivity index (χ1) is 8.66. The van der Waals surface area contributed by atoms with Crippen molar-refractivity contribution in [1.82, 2.24) is 4.90 Å². The highest BCUT2D eigenvalue weighted by atomic mass is 32.2. The van der Waals surface area contributed by atoms with Crippen molar-refractivity contribution in [3.05, 3.63) is 30.1 Å². The Balaban J connectivity index is 1.75. The first-order valence-corrected chi connectivity index (χ1v) is 6.98. The second kappa shape index (κ2) is 6.20. The molecule has 1 aromatic carbocycles. The zero-order valence-electron chi connectivity index (χ0n) is 10.0. The van der Waals surface area contributed by atoms with Crippen LogP contribution in [0.5, 0.6) is 0 Å². The largest absolute Gasteiger partial charge is 0.391 e. The Morgan fingerprint density at radius 3 is 2.94 bits per heavy atom. The van der Waals surface area contributed by atoms with Crippen molar-refractivity contribution >= 4 is 17.7 Å². The molecule has 1 aromatic rings. The maximum atomic E-state index is 13.3. The fourth-order valence-corrected chi connectivity index (χ4v) is 2.81. The van der Waals surface area contributed by atoms with E-state index in [4.69, 9.17) is 0 Å². The Morgan fingerprint density at radius 1 is 1.50 bits per heavy atom. The summed E-state index contributed by atoms with van der Waals surface area (Å²) in [6, 6.07) is 6.56. The zero-order chi connectivity index (χ0) is 13.0. The number of rotatable bonds is 4. The molecule has 0 unspecified atom stereocenters. The molecule has 1 amide bonds. The van der Waals surface area contributed by atoms with Gasteiger partial charge in [-0.3, -0.25) is 4.79 Å². The molecule has 1 atom stereocenters. The molecule has 5 heteroatoms. The van der Waals surface area contributed by atoms with Gasteiger partial charge in [0.05, 0.1) is 6.10 Å². The smallest absolute Gasteiger partial charge is 0.223 e. The van der Waals surface area contributed by atoms with Gasteiger partial charge in [0.1, 0.15) is 5.82 Å². The minimum atomic E-state index is -0.381. The Kier molecular flexibility index (Phi) is 4.60. The second-order valence-electron chi connectivity index (χ2n) is 4.31. The Hall–Kier alpha value is -1.07. The summed E-state index contributed by atoms with van der Waals surface area (Å²) >= 11 is 1.35. The van der Waals surface area contributed by atoms with E-state index in [1.807, 2.05) is 0 Å². The van der Waals surface area contributed by atoms with Crippen LogP contribution < -0.4 is 0 Å². The Bertz CT molecular complexity index is 427. The van der Waals surface area contributed by atoms with E-state index in [0.29, 0.717) is 36.6 Å². The summed E-state index contributed by atoms with van der Waals surface area (Å²) in [5, 5.41) is 9.34. The van der Waals surface area contributed by atoms with Gasteiger partial charge in [0.25, 0.3) is 0 Å². The normalized spacial score (nSPS) is 19.2. The van der Waals surface area contributed by atoms with Crippen molar-refractivity contribution in [2.24, 2.45) is 0 Å². The van der Waals surface area contributed by atoms with Crippen LogP contribution in [0.4, 0.5) is 4.39 Å². The van der Waals surface area contributed by atoms with E-state index in [2.05, 4.69) is 0 Å². The highest BCUT2D eigenvalue weighted by Crippen LogP contribution is 2.22. The number of hydrogen-bond acceptors (Lipinski definition) is 3. The number of carbonyl (C=O) groups is 1. The lowest BCUT2D eigenvalue weighted by atomic mass is 10.3. The van der Waals surface area contributed by atoms with Crippen LogP contribution in [0.15, 0.2) is 29.2 Å². The number of hydrogen-bond donors (Lipinski definition) is 1. The van der Waals surface area contributed by atoms with Gasteiger partial charge >= 0.3 is 0 Å². The SMILES string of the molecule is O=C(CCSc1ccccc1F)N1CC[C@@H](O)C1. The Morgan fingerprint density at radius 2 is 2.28 bits per heavy atom. The minimum Gasteiger partial charge on any atom is -0.391 e. The van der Waals surface area contributed by atoms with Crippen LogP contribution in [0.25, 0.3) is 0 Å². The topological polar surface area (TPSA) is 40.5 Å². The fourth-order valence-electron chi connectivity index (χ4n) is 1.94. The fraction of sp³-hybridized carbons (Fsp3) is 0.462. The molecule has 3 nitrogen and oxygen atoms in total. The molecule has 1 aliphatic rings. The first kappa shape index (κ1) is 13.4. The maximum absolute atomic E-state index is 13.3. The number of aliphatic hydroxyl groups excluding tert-OH is 1. The van der Waals surface area contributed by atoms with Crippen molar-refractivity contribution in [3.63, 3.8) is 0 Å². The van der Waals surface area contributed by atoms with Gasteiger partial charge in [-0.25, -0.2) is 4.39 Å². The van der Waals surface area contributed by atoms with Crippen LogP contribution >= 0.6 is 11.8 Å². The highest BCUT2D eigenvalue weighted by Gasteiger charge is 2.23. The number of likely N-dealkylation sites (tertiary alicyclic amines) is 1. The van der Waals surface area contributed by atoms with E-state index in [1.54, 1.807) is 23.1 Å². The summed E-state index contributed by atoms with van der Waals surface area (Å²) < 4.78 is 13.3. The lowest BCUT2D eigenvalue weighted by Gasteiger charge is -2.15. The average molecular weight is 269 g/mol. The van der Waals surface area contributed by atoms with Gasteiger partial charge in [0.2, 0.25) is 5.91 Å². The maximum Gasteiger partial charge on any atom is 0.223 e. The molecule has 1 saturated heterocycles. The van der Waals surface area contributed by atoms with Crippen molar-refractivity contribution in [2.45, 2.75) is 23.8 Å². The van der Waals surface area contributed by atoms with Gasteiger partial charge in [0, 0.05) is 30.2 Å². The summed E-state index contributed by atoms with van der Waals surface area (Å²) in [4.78, 5) is 14.0. The van der Waals surface area contributed by atoms with Crippen LogP contribution in [-0.4, -0.2) is 40.9 Å². The van der Waals surface area contributed by atoms with Crippen molar-refractivity contribution in [3.8, 4) is 0 Å². The lowest BCUT2D eigenvalue weighted by Crippen LogP contribution is -2.29. The molecule has 1 fully saturated rings. The molecule has 0 bridgehead atoms. The van der Waals surface area contributed by atoms with Gasteiger partial charge in [0.15, 0.2) is 0 Å². The predicted octanol–water partition coefficient (Wildman–Crippen LogP) is 1.90. The molecule has 1 heterocycles. The van der Waals surface area contributed by atoms with Crippen LogP contribution in [0.1, 0.15) is 12.8 Å². The number of aliphatic hydroxyl groups is 1. The van der Waals surface area contributed by atoms with E-state index < -0.39 is 0 Å². The number of carbonyl (C=O) groups excluding carboxylic acids is 1. The summed E-state index contributed by atoms with van der Waals surface area (Å²) in [5.41, 5.74) is 0. The molecule has 1 N–H and O–H groups in total. The van der Waals surface area contributed by atoms with Crippen LogP contribution in [-0.2, 0) is 4.79 Å². The first-order valence-electron chi connectivity index (χ1n) is 6.00. The second-order valence-corrected chi connectivity index (χ2v) is 5.45. The number of nitrogens with zero attached hydrogens (tertiary/aromatic N) is 1. The molecule has 0 aromatic heterocycles. The zero-order valence-corrected chi connectivity index (χ0v) is 10.8. The molecular formula is C13H16FNO2S. The summed E-state index contributed by atoms with van der Waals surface area (Å²) in [6.45, 7) is 1.06. The average Bonchev–Trinajstić information content (AvgIpc) is 2.78. The summed E-state index contributed by atoms with van der Waals surface area (Å²) in [5.74, 6) is 0.355. The van der Waals surface area contributed by atoms with Crippen LogP contribution in [0.3, 0.4) is 0 Å². The van der Waals surface area contributed by atoms with Gasteiger partial charge < -0.3 is 10.0 Å². The molecule has 0 radical (unpaired) electrons. The van der Waals surface area contributed by atoms with Crippen molar-refractivity contribution in [2.75, 3.05) is 18.8 Å². The molecule has 18 heavy (non-hydrogen) atoms. The van der Waals surface area contributed by atoms with Crippen LogP contribution in [0.2, 0.25) is 0 Å². The minimum absolute atomic E-state index is 0.0374. The number of halogens is 1. The van der Waals surface area contributed by atoms with Gasteiger partial charge in [-0.05, 0) is 18.6 Å². The number of β-amino-alcohol motifs (C(OH)–C–C–N with tert-alkyl or cyclic N) is 1. The van der Waals surface area contributed by atoms with E-state index >= 15 is 0 Å². The summed E-state index contributed by atoms with van der Waals surface area (Å²) in [7, 11) is 0. The lowest BCUT2D eigenvalue weighted by molar-refractivity contribution is -0.130. The third-order valence-corrected chi connectivity index (χ3v) is 3.98. The number of thioether (sulfide) groups is 1. The number of benzene rings is 1. The third kappa shape index (κ3) is 3.46. The quantitative estimate of drug-likeness (QED) is 0.849. The van der Waals surface area contributed by atoms with Crippen molar-refractivity contribution < 1.29 is 14.3 Å². The van der Waals surface area contributed by atoms with Gasteiger partial charge in [-0.15, -0.1) is 11.8 Å². The van der Waals surface area contributed by atoms with E-state index in [-0.39, 0.29) is 17.8 Å². The summed E-state index contributed by atoms with van der Waals surface area (Å²) in [6.07, 6.45) is 0.658. The molecule has 0 saturated carbocycles. The Labute approximate surface area is 110 Å². The molecule has 0 spiro atoms. The van der Waals surface area contributed by atoms with Gasteiger partial charge in [-0.1, -0.05) is 12.1 Å². The molecule has 0 aliphatic carbocycles. The molecular weight excluding hydrogens is 253 g/mol. The monoisotopic (exact) mass is 269 g/mol. The van der Waals surface area contributed by atoms with E-state index in [9.17, 15) is 14.3 Å². The van der Waals surface area contributed by atoms with Crippen LogP contribution in [0, 0.1) is 5.82 Å². The van der Waals surface area contributed by atoms with E-state index in [1.165, 1.54) is 17.8 Å². The predicted molar refractivity (Wildman–Crippen MR) is 68.9 cm³/mol. The number of amides is 1. The molecule has 98 valence electrons. The van der Waals surface area contributed by atoms with E-state index in [0.717, 1.165) is 0 Å². The molecule has 1 aliphatic heterocycles. The standard InChI is InChI=1S/C13H16FNO2S/c14-11-3-1-2-4-12(11)18-8-6-13(17)15-7-5-10(16)9-15/h1-4,10,16H,5-9H2/t10-/m1/s1. The third-order valence-electron chi connectivity index (χ3n) is 2.93. The molecule has 2 rings (SSSR count). The van der Waals surface area contributed by atoms with Gasteiger partial charge in [-0.2, -0.15) is 0 Å². The van der Waals surface area contributed by atoms with Crippen molar-refractivity contribution in [1.29, 1.82) is 0 Å².